The first-order valence-corrected chi connectivity index (χ1v) is 11.8. The highest BCUT2D eigenvalue weighted by atomic mass is 35.5. The van der Waals surface area contributed by atoms with Gasteiger partial charge in [-0.15, -0.1) is 21.5 Å². The van der Waals surface area contributed by atoms with Crippen molar-refractivity contribution in [2.75, 3.05) is 5.32 Å². The van der Waals surface area contributed by atoms with Crippen LogP contribution in [0.25, 0.3) is 5.00 Å². The van der Waals surface area contributed by atoms with E-state index in [9.17, 15) is 19.5 Å². The normalized spacial score (nSPS) is 10.7. The van der Waals surface area contributed by atoms with Gasteiger partial charge >= 0.3 is 12.0 Å². The highest BCUT2D eigenvalue weighted by Crippen LogP contribution is 2.32. The van der Waals surface area contributed by atoms with Crippen LogP contribution >= 0.6 is 22.9 Å². The van der Waals surface area contributed by atoms with E-state index >= 15 is 0 Å². The predicted molar refractivity (Wildman–Crippen MR) is 133 cm³/mol. The van der Waals surface area contributed by atoms with Crippen LogP contribution in [0.2, 0.25) is 5.02 Å². The Morgan fingerprint density at radius 1 is 1.03 bits per heavy atom. The molecule has 0 aliphatic heterocycles. The minimum absolute atomic E-state index is 0.127. The van der Waals surface area contributed by atoms with Gasteiger partial charge in [-0.1, -0.05) is 48.9 Å². The minimum atomic E-state index is -1.32. The van der Waals surface area contributed by atoms with Gasteiger partial charge in [0.15, 0.2) is 11.6 Å². The van der Waals surface area contributed by atoms with Crippen molar-refractivity contribution in [1.82, 2.24) is 20.1 Å². The zero-order valence-corrected chi connectivity index (χ0v) is 20.1. The van der Waals surface area contributed by atoms with Gasteiger partial charge in [0, 0.05) is 16.1 Å². The minimum Gasteiger partial charge on any atom is -0.475 e. The zero-order valence-electron chi connectivity index (χ0n) is 18.5. The molecule has 2 heterocycles. The molecule has 4 rings (SSSR count). The van der Waals surface area contributed by atoms with Gasteiger partial charge in [-0.25, -0.2) is 9.59 Å². The molecule has 0 aliphatic rings. The molecule has 2 aromatic carbocycles. The number of ketones is 1. The maximum Gasteiger partial charge on any atom is 0.374 e. The van der Waals surface area contributed by atoms with Gasteiger partial charge in [-0.3, -0.25) is 9.36 Å². The van der Waals surface area contributed by atoms with Gasteiger partial charge in [0.2, 0.25) is 5.82 Å². The SMILES string of the molecule is CCc1cc(C(=O)c2ccccc2Cl)c(-n2c(CNC(=O)Nc3ccccc3)nnc2C(=O)O)s1. The molecule has 9 nitrogen and oxygen atoms in total. The smallest absolute Gasteiger partial charge is 0.374 e. The Morgan fingerprint density at radius 3 is 2.43 bits per heavy atom. The van der Waals surface area contributed by atoms with Crippen LogP contribution in [0.3, 0.4) is 0 Å². The number of carboxylic acids is 1. The molecule has 11 heteroatoms. The molecule has 35 heavy (non-hydrogen) atoms. The standard InChI is InChI=1S/C24H20ClN5O4S/c1-2-15-12-17(20(31)16-10-6-7-11-18(16)25)22(35-15)30-19(28-29-21(30)23(32)33)13-26-24(34)27-14-8-4-3-5-9-14/h3-12H,2,13H2,1H3,(H,32,33)(H2,26,27,34). The fourth-order valence-electron chi connectivity index (χ4n) is 3.36. The zero-order chi connectivity index (χ0) is 24.9. The monoisotopic (exact) mass is 509 g/mol. The molecule has 2 aromatic heterocycles. The summed E-state index contributed by atoms with van der Waals surface area (Å²) in [4.78, 5) is 38.6. The van der Waals surface area contributed by atoms with Crippen molar-refractivity contribution in [1.29, 1.82) is 0 Å². The van der Waals surface area contributed by atoms with Crippen LogP contribution in [0.1, 0.15) is 44.2 Å². The molecule has 0 radical (unpaired) electrons. The molecule has 4 aromatic rings. The fourth-order valence-corrected chi connectivity index (χ4v) is 4.70. The summed E-state index contributed by atoms with van der Waals surface area (Å²) in [5, 5.41) is 23.5. The maximum atomic E-state index is 13.4. The third-order valence-electron chi connectivity index (χ3n) is 5.04. The van der Waals surface area contributed by atoms with E-state index in [-0.39, 0.29) is 34.6 Å². The Hall–Kier alpha value is -4.02. The van der Waals surface area contributed by atoms with Crippen molar-refractivity contribution in [3.63, 3.8) is 0 Å². The number of benzene rings is 2. The average molecular weight is 510 g/mol. The molecule has 3 N–H and O–H groups in total. The average Bonchev–Trinajstić information content (AvgIpc) is 3.47. The Morgan fingerprint density at radius 2 is 1.74 bits per heavy atom. The summed E-state index contributed by atoms with van der Waals surface area (Å²) in [7, 11) is 0. The van der Waals surface area contributed by atoms with Gasteiger partial charge in [-0.05, 0) is 36.8 Å². The van der Waals surface area contributed by atoms with Crippen LogP contribution in [0.15, 0.2) is 60.7 Å². The first-order chi connectivity index (χ1) is 16.9. The van der Waals surface area contributed by atoms with E-state index in [1.807, 2.05) is 13.0 Å². The second kappa shape index (κ2) is 10.5. The number of para-hydroxylation sites is 1. The number of hydrogen-bond donors (Lipinski definition) is 3. The predicted octanol–water partition coefficient (Wildman–Crippen LogP) is 4.80. The third kappa shape index (κ3) is 5.23. The van der Waals surface area contributed by atoms with Gasteiger partial charge < -0.3 is 15.7 Å². The van der Waals surface area contributed by atoms with Crippen LogP contribution in [0, 0.1) is 0 Å². The number of amides is 2. The van der Waals surface area contributed by atoms with E-state index in [4.69, 9.17) is 11.6 Å². The van der Waals surface area contributed by atoms with E-state index in [1.54, 1.807) is 54.6 Å². The lowest BCUT2D eigenvalue weighted by molar-refractivity contribution is 0.0680. The number of thiophene rings is 1. The number of anilines is 1. The molecule has 0 spiro atoms. The van der Waals surface area contributed by atoms with Crippen molar-refractivity contribution in [3.05, 3.63) is 93.3 Å². The largest absolute Gasteiger partial charge is 0.475 e. The van der Waals surface area contributed by atoms with Crippen molar-refractivity contribution in [2.24, 2.45) is 0 Å². The summed E-state index contributed by atoms with van der Waals surface area (Å²) in [6.07, 6.45) is 0.630. The highest BCUT2D eigenvalue weighted by molar-refractivity contribution is 7.15. The fraction of sp³-hybridized carbons (Fsp3) is 0.125. The highest BCUT2D eigenvalue weighted by Gasteiger charge is 2.27. The number of rotatable bonds is 8. The molecular formula is C24H20ClN5O4S. The number of urea groups is 1. The first-order valence-electron chi connectivity index (χ1n) is 10.6. The quantitative estimate of drug-likeness (QED) is 0.293. The number of carbonyl (C=O) groups excluding carboxylic acids is 2. The number of halogens is 1. The summed E-state index contributed by atoms with van der Waals surface area (Å²) in [5.41, 5.74) is 1.16. The lowest BCUT2D eigenvalue weighted by Crippen LogP contribution is -2.29. The van der Waals surface area contributed by atoms with Crippen LogP contribution in [-0.4, -0.2) is 37.7 Å². The second-order valence-electron chi connectivity index (χ2n) is 7.35. The molecule has 0 atom stereocenters. The summed E-state index contributed by atoms with van der Waals surface area (Å²) >= 11 is 7.51. The maximum absolute atomic E-state index is 13.4. The molecule has 178 valence electrons. The molecule has 0 aliphatic carbocycles. The summed E-state index contributed by atoms with van der Waals surface area (Å²) < 4.78 is 1.29. The van der Waals surface area contributed by atoms with Crippen LogP contribution < -0.4 is 10.6 Å². The second-order valence-corrected chi connectivity index (χ2v) is 8.87. The van der Waals surface area contributed by atoms with E-state index in [2.05, 4.69) is 20.8 Å². The van der Waals surface area contributed by atoms with Crippen LogP contribution in [0.5, 0.6) is 0 Å². The van der Waals surface area contributed by atoms with Crippen molar-refractivity contribution < 1.29 is 19.5 Å². The number of carboxylic acid groups (broad SMARTS) is 1. The summed E-state index contributed by atoms with van der Waals surface area (Å²) in [6.45, 7) is 1.80. The van der Waals surface area contributed by atoms with E-state index < -0.39 is 12.0 Å². The van der Waals surface area contributed by atoms with Crippen LogP contribution in [-0.2, 0) is 13.0 Å². The van der Waals surface area contributed by atoms with Crippen molar-refractivity contribution in [3.8, 4) is 5.00 Å². The number of nitrogens with zero attached hydrogens (tertiary/aromatic N) is 3. The number of aromatic carboxylic acids is 1. The number of carbonyl (C=O) groups is 3. The Balaban J connectivity index is 1.70. The molecule has 0 saturated carbocycles. The number of aryl methyl sites for hydroxylation is 1. The van der Waals surface area contributed by atoms with Gasteiger partial charge in [0.05, 0.1) is 17.1 Å². The molecular weight excluding hydrogens is 490 g/mol. The summed E-state index contributed by atoms with van der Waals surface area (Å²) in [6, 6.07) is 16.7. The molecule has 0 bridgehead atoms. The number of nitrogens with one attached hydrogen (secondary N) is 2. The van der Waals surface area contributed by atoms with Crippen molar-refractivity contribution in [2.45, 2.75) is 19.9 Å². The molecule has 2 amide bonds. The summed E-state index contributed by atoms with van der Waals surface area (Å²) in [5.74, 6) is -1.89. The lowest BCUT2D eigenvalue weighted by Gasteiger charge is -2.11. The first kappa shape index (κ1) is 24.1. The van der Waals surface area contributed by atoms with Gasteiger partial charge in [0.1, 0.15) is 5.00 Å². The topological polar surface area (TPSA) is 126 Å². The molecule has 0 saturated heterocycles. The number of hydrogen-bond acceptors (Lipinski definition) is 6. The Kier molecular flexibility index (Phi) is 7.23. The van der Waals surface area contributed by atoms with E-state index in [0.717, 1.165) is 4.88 Å². The van der Waals surface area contributed by atoms with E-state index in [0.29, 0.717) is 22.7 Å². The Bertz CT molecular complexity index is 1400. The third-order valence-corrected chi connectivity index (χ3v) is 6.63. The van der Waals surface area contributed by atoms with Gasteiger partial charge in [-0.2, -0.15) is 0 Å². The molecule has 0 fully saturated rings. The number of aromatic nitrogens is 3. The van der Waals surface area contributed by atoms with Gasteiger partial charge in [0.25, 0.3) is 0 Å². The Labute approximate surface area is 209 Å². The van der Waals surface area contributed by atoms with E-state index in [1.165, 1.54) is 15.9 Å². The van der Waals surface area contributed by atoms with Crippen molar-refractivity contribution >= 4 is 46.4 Å². The molecule has 0 unspecified atom stereocenters. The lowest BCUT2D eigenvalue weighted by atomic mass is 10.0. The van der Waals surface area contributed by atoms with Crippen LogP contribution in [0.4, 0.5) is 10.5 Å².